The predicted octanol–water partition coefficient (Wildman–Crippen LogP) is 1.87. The molecule has 0 fully saturated rings. The Kier molecular flexibility index (Phi) is 4.52. The molecule has 17 heavy (non-hydrogen) atoms. The van der Waals surface area contributed by atoms with Gasteiger partial charge in [-0.1, -0.05) is 12.1 Å². The third-order valence-electron chi connectivity index (χ3n) is 2.59. The Morgan fingerprint density at radius 3 is 2.29 bits per heavy atom. The highest BCUT2D eigenvalue weighted by Crippen LogP contribution is 2.26. The van der Waals surface area contributed by atoms with Gasteiger partial charge in [0.2, 0.25) is 0 Å². The summed E-state index contributed by atoms with van der Waals surface area (Å²) in [6.07, 6.45) is 0. The molecule has 0 amide bonds. The second-order valence-electron chi connectivity index (χ2n) is 3.92. The largest absolute Gasteiger partial charge is 0.496 e. The highest BCUT2D eigenvalue weighted by atomic mass is 16.5. The van der Waals surface area contributed by atoms with Crippen LogP contribution in [0.1, 0.15) is 29.7 Å². The van der Waals surface area contributed by atoms with Gasteiger partial charge in [-0.05, 0) is 37.5 Å². The van der Waals surface area contributed by atoms with Crippen molar-refractivity contribution in [3.8, 4) is 5.75 Å². The number of ether oxygens (including phenoxy) is 2. The summed E-state index contributed by atoms with van der Waals surface area (Å²) < 4.78 is 10.2. The number of rotatable bonds is 4. The quantitative estimate of drug-likeness (QED) is 0.812. The highest BCUT2D eigenvalue weighted by molar-refractivity contribution is 5.77. The fourth-order valence-corrected chi connectivity index (χ4v) is 1.85. The fraction of sp³-hybridized carbons (Fsp3) is 0.462. The van der Waals surface area contributed by atoms with E-state index < -0.39 is 12.0 Å². The summed E-state index contributed by atoms with van der Waals surface area (Å²) in [6.45, 7) is 5.94. The molecule has 0 aromatic heterocycles. The molecule has 0 saturated carbocycles. The summed E-state index contributed by atoms with van der Waals surface area (Å²) in [6, 6.07) is 2.97. The molecule has 0 radical (unpaired) electrons. The summed E-state index contributed by atoms with van der Waals surface area (Å²) >= 11 is 0. The minimum Gasteiger partial charge on any atom is -0.496 e. The zero-order chi connectivity index (χ0) is 13.0. The summed E-state index contributed by atoms with van der Waals surface area (Å²) in [5.74, 6) is 0.418. The Balaban J connectivity index is 3.04. The van der Waals surface area contributed by atoms with Gasteiger partial charge in [0.1, 0.15) is 11.8 Å². The molecule has 1 unspecified atom stereocenters. The normalized spacial score (nSPS) is 12.1. The monoisotopic (exact) mass is 237 g/mol. The highest BCUT2D eigenvalue weighted by Gasteiger charge is 2.18. The minimum absolute atomic E-state index is 0.334. The van der Waals surface area contributed by atoms with Crippen molar-refractivity contribution in [2.24, 2.45) is 5.73 Å². The van der Waals surface area contributed by atoms with Crippen LogP contribution in [-0.4, -0.2) is 19.7 Å². The van der Waals surface area contributed by atoms with E-state index in [1.54, 1.807) is 14.0 Å². The van der Waals surface area contributed by atoms with Gasteiger partial charge >= 0.3 is 5.97 Å². The Labute approximate surface area is 102 Å². The van der Waals surface area contributed by atoms with Gasteiger partial charge in [0.05, 0.1) is 13.7 Å². The Bertz CT molecular complexity index is 392. The van der Waals surface area contributed by atoms with Crippen LogP contribution in [0.3, 0.4) is 0 Å². The molecule has 0 heterocycles. The average molecular weight is 237 g/mol. The third-order valence-corrected chi connectivity index (χ3v) is 2.59. The van der Waals surface area contributed by atoms with E-state index in [4.69, 9.17) is 15.2 Å². The van der Waals surface area contributed by atoms with E-state index in [-0.39, 0.29) is 0 Å². The topological polar surface area (TPSA) is 61.5 Å². The molecule has 94 valence electrons. The van der Waals surface area contributed by atoms with Crippen LogP contribution in [-0.2, 0) is 9.53 Å². The Hall–Kier alpha value is -1.55. The third kappa shape index (κ3) is 2.97. The van der Waals surface area contributed by atoms with Crippen molar-refractivity contribution in [1.29, 1.82) is 0 Å². The number of hydrogen-bond acceptors (Lipinski definition) is 4. The Morgan fingerprint density at radius 2 is 1.88 bits per heavy atom. The fourth-order valence-electron chi connectivity index (χ4n) is 1.85. The van der Waals surface area contributed by atoms with Crippen LogP contribution in [0.2, 0.25) is 0 Å². The van der Waals surface area contributed by atoms with Gasteiger partial charge in [-0.2, -0.15) is 0 Å². The lowest BCUT2D eigenvalue weighted by Crippen LogP contribution is -2.24. The zero-order valence-corrected chi connectivity index (χ0v) is 10.7. The molecule has 0 bridgehead atoms. The lowest BCUT2D eigenvalue weighted by molar-refractivity contribution is -0.144. The smallest absolute Gasteiger partial charge is 0.327 e. The molecular weight excluding hydrogens is 218 g/mol. The van der Waals surface area contributed by atoms with E-state index in [0.29, 0.717) is 6.61 Å². The van der Waals surface area contributed by atoms with E-state index >= 15 is 0 Å². The van der Waals surface area contributed by atoms with Crippen LogP contribution in [0.4, 0.5) is 0 Å². The van der Waals surface area contributed by atoms with Gasteiger partial charge in [0, 0.05) is 0 Å². The molecule has 1 aromatic rings. The van der Waals surface area contributed by atoms with E-state index in [2.05, 4.69) is 0 Å². The number of benzene rings is 1. The number of carbonyl (C=O) groups is 1. The molecule has 0 spiro atoms. The first-order valence-electron chi connectivity index (χ1n) is 5.58. The summed E-state index contributed by atoms with van der Waals surface area (Å²) in [5, 5.41) is 0. The standard InChI is InChI=1S/C13H19NO3/c1-5-17-13(15)11(14)10-6-8(2)12(16-4)9(3)7-10/h6-7,11H,5,14H2,1-4H3. The van der Waals surface area contributed by atoms with Gasteiger partial charge in [0.25, 0.3) is 0 Å². The van der Waals surface area contributed by atoms with Gasteiger partial charge < -0.3 is 15.2 Å². The van der Waals surface area contributed by atoms with Gasteiger partial charge in [-0.3, -0.25) is 0 Å². The van der Waals surface area contributed by atoms with Crippen LogP contribution in [0, 0.1) is 13.8 Å². The molecule has 0 aliphatic carbocycles. The number of methoxy groups -OCH3 is 1. The lowest BCUT2D eigenvalue weighted by atomic mass is 10.0. The van der Waals surface area contributed by atoms with Crippen LogP contribution in [0.15, 0.2) is 12.1 Å². The minimum atomic E-state index is -0.738. The van der Waals surface area contributed by atoms with Crippen LogP contribution in [0.5, 0.6) is 5.75 Å². The molecule has 2 N–H and O–H groups in total. The number of hydrogen-bond donors (Lipinski definition) is 1. The van der Waals surface area contributed by atoms with Gasteiger partial charge in [-0.15, -0.1) is 0 Å². The van der Waals surface area contributed by atoms with E-state index in [1.807, 2.05) is 26.0 Å². The van der Waals surface area contributed by atoms with E-state index in [0.717, 1.165) is 22.4 Å². The van der Waals surface area contributed by atoms with Crippen LogP contribution in [0.25, 0.3) is 0 Å². The summed E-state index contributed by atoms with van der Waals surface area (Å²) in [4.78, 5) is 11.5. The molecule has 4 heteroatoms. The number of esters is 1. The molecule has 0 aliphatic heterocycles. The molecule has 0 aliphatic rings. The first kappa shape index (κ1) is 13.5. The molecule has 1 rings (SSSR count). The SMILES string of the molecule is CCOC(=O)C(N)c1cc(C)c(OC)c(C)c1. The molecule has 4 nitrogen and oxygen atoms in total. The van der Waals surface area contributed by atoms with E-state index in [1.165, 1.54) is 0 Å². The second-order valence-corrected chi connectivity index (χ2v) is 3.92. The van der Waals surface area contributed by atoms with Crippen LogP contribution >= 0.6 is 0 Å². The molecule has 1 atom stereocenters. The Morgan fingerprint density at radius 1 is 1.35 bits per heavy atom. The van der Waals surface area contributed by atoms with Crippen molar-refractivity contribution in [2.75, 3.05) is 13.7 Å². The summed E-state index contributed by atoms with van der Waals surface area (Å²) in [5.41, 5.74) is 8.51. The maximum absolute atomic E-state index is 11.5. The molecular formula is C13H19NO3. The number of aryl methyl sites for hydroxylation is 2. The first-order valence-corrected chi connectivity index (χ1v) is 5.58. The molecule has 1 aromatic carbocycles. The number of nitrogens with two attached hydrogens (primary N) is 1. The van der Waals surface area contributed by atoms with Gasteiger partial charge in [0.15, 0.2) is 0 Å². The van der Waals surface area contributed by atoms with Crippen molar-refractivity contribution < 1.29 is 14.3 Å². The van der Waals surface area contributed by atoms with Crippen molar-refractivity contribution in [2.45, 2.75) is 26.8 Å². The maximum Gasteiger partial charge on any atom is 0.327 e. The average Bonchev–Trinajstić information content (AvgIpc) is 2.27. The second kappa shape index (κ2) is 5.68. The predicted molar refractivity (Wildman–Crippen MR) is 66.0 cm³/mol. The van der Waals surface area contributed by atoms with Crippen molar-refractivity contribution >= 4 is 5.97 Å². The van der Waals surface area contributed by atoms with Crippen molar-refractivity contribution in [3.05, 3.63) is 28.8 Å². The lowest BCUT2D eigenvalue weighted by Gasteiger charge is -2.15. The first-order chi connectivity index (χ1) is 8.01. The van der Waals surface area contributed by atoms with Crippen LogP contribution < -0.4 is 10.5 Å². The molecule has 0 saturated heterocycles. The maximum atomic E-state index is 11.5. The van der Waals surface area contributed by atoms with Crippen molar-refractivity contribution in [3.63, 3.8) is 0 Å². The summed E-state index contributed by atoms with van der Waals surface area (Å²) in [7, 11) is 1.63. The van der Waals surface area contributed by atoms with Crippen molar-refractivity contribution in [1.82, 2.24) is 0 Å². The number of carbonyl (C=O) groups excluding carboxylic acids is 1. The van der Waals surface area contributed by atoms with Gasteiger partial charge in [-0.25, -0.2) is 4.79 Å². The zero-order valence-electron chi connectivity index (χ0n) is 10.7. The van der Waals surface area contributed by atoms with E-state index in [9.17, 15) is 4.79 Å².